The van der Waals surface area contributed by atoms with E-state index in [2.05, 4.69) is 208 Å². The lowest BCUT2D eigenvalue weighted by Gasteiger charge is -2.23. The van der Waals surface area contributed by atoms with Gasteiger partial charge >= 0.3 is 0 Å². The molecule has 0 saturated heterocycles. The Morgan fingerprint density at radius 2 is 0.619 bits per heavy atom. The Morgan fingerprint density at radius 1 is 0.254 bits per heavy atom. The third kappa shape index (κ3) is 7.24. The molecule has 2 heterocycles. The van der Waals surface area contributed by atoms with Crippen molar-refractivity contribution in [2.75, 3.05) is 0 Å². The third-order valence-corrected chi connectivity index (χ3v) is 12.5. The Kier molecular flexibility index (Phi) is 9.51. The second-order valence-corrected chi connectivity index (χ2v) is 16.9. The van der Waals surface area contributed by atoms with Crippen LogP contribution < -0.4 is 0 Å². The summed E-state index contributed by atoms with van der Waals surface area (Å²) in [4.78, 5) is 15.4. The van der Waals surface area contributed by atoms with Crippen LogP contribution in [0.3, 0.4) is 0 Å². The quantitative estimate of drug-likeness (QED) is 0.154. The van der Waals surface area contributed by atoms with Gasteiger partial charge < -0.3 is 0 Å². The summed E-state index contributed by atoms with van der Waals surface area (Å²) in [5.41, 5.74) is 21.1. The zero-order valence-electron chi connectivity index (χ0n) is 35.2. The molecule has 3 nitrogen and oxygen atoms in total. The summed E-state index contributed by atoms with van der Waals surface area (Å²) >= 11 is 0. The van der Waals surface area contributed by atoms with Crippen LogP contribution in [0.1, 0.15) is 25.0 Å². The van der Waals surface area contributed by atoms with Gasteiger partial charge in [0.2, 0.25) is 0 Å². The van der Waals surface area contributed by atoms with Crippen LogP contribution >= 0.6 is 0 Å². The molecule has 3 heteroatoms. The van der Waals surface area contributed by atoms with Gasteiger partial charge in [0.15, 0.2) is 5.82 Å². The lowest BCUT2D eigenvalue weighted by molar-refractivity contribution is 0.661. The summed E-state index contributed by atoms with van der Waals surface area (Å²) in [6.07, 6.45) is 0. The molecular formula is C60H43N3. The second kappa shape index (κ2) is 15.8. The van der Waals surface area contributed by atoms with E-state index in [4.69, 9.17) is 15.0 Å². The lowest BCUT2D eigenvalue weighted by Crippen LogP contribution is -2.15. The maximum atomic E-state index is 5.22. The molecule has 298 valence electrons. The topological polar surface area (TPSA) is 38.7 Å². The molecule has 1 aliphatic rings. The molecule has 0 saturated carbocycles. The number of benzene rings is 8. The van der Waals surface area contributed by atoms with Crippen molar-refractivity contribution in [2.24, 2.45) is 0 Å². The average molecular weight is 806 g/mol. The van der Waals surface area contributed by atoms with Crippen molar-refractivity contribution in [3.63, 3.8) is 0 Å². The molecule has 2 aromatic heterocycles. The molecule has 11 rings (SSSR count). The van der Waals surface area contributed by atoms with E-state index in [0.717, 1.165) is 61.7 Å². The Bertz CT molecular complexity index is 2950. The Morgan fingerprint density at radius 3 is 1.11 bits per heavy atom. The smallest absolute Gasteiger partial charge is 0.160 e. The van der Waals surface area contributed by atoms with Gasteiger partial charge in [-0.3, -0.25) is 0 Å². The number of rotatable bonds is 8. The molecule has 0 N–H and O–H groups in total. The van der Waals surface area contributed by atoms with Crippen LogP contribution in [-0.4, -0.2) is 15.0 Å². The van der Waals surface area contributed by atoms with E-state index in [1.165, 1.54) is 44.5 Å². The second-order valence-electron chi connectivity index (χ2n) is 16.9. The number of aromatic nitrogens is 3. The highest BCUT2D eigenvalue weighted by atomic mass is 14.9. The van der Waals surface area contributed by atoms with Crippen LogP contribution in [0.4, 0.5) is 0 Å². The first-order chi connectivity index (χ1) is 30.9. The molecule has 63 heavy (non-hydrogen) atoms. The van der Waals surface area contributed by atoms with Gasteiger partial charge in [-0.1, -0.05) is 196 Å². The van der Waals surface area contributed by atoms with Crippen molar-refractivity contribution in [2.45, 2.75) is 19.3 Å². The zero-order chi connectivity index (χ0) is 42.3. The maximum absolute atomic E-state index is 5.22. The van der Waals surface area contributed by atoms with E-state index in [-0.39, 0.29) is 5.41 Å². The van der Waals surface area contributed by atoms with Crippen LogP contribution in [0.25, 0.3) is 101 Å². The normalized spacial score (nSPS) is 12.4. The van der Waals surface area contributed by atoms with E-state index in [9.17, 15) is 0 Å². The van der Waals surface area contributed by atoms with Gasteiger partial charge in [-0.05, 0) is 98.1 Å². The lowest BCUT2D eigenvalue weighted by atomic mass is 9.80. The first-order valence-corrected chi connectivity index (χ1v) is 21.6. The van der Waals surface area contributed by atoms with E-state index >= 15 is 0 Å². The fraction of sp³-hybridized carbons (Fsp3) is 0.0500. The van der Waals surface area contributed by atoms with Gasteiger partial charge in [0, 0.05) is 33.2 Å². The largest absolute Gasteiger partial charge is 0.248 e. The van der Waals surface area contributed by atoms with Gasteiger partial charge in [-0.2, -0.15) is 0 Å². The van der Waals surface area contributed by atoms with Gasteiger partial charge in [-0.25, -0.2) is 15.0 Å². The molecule has 0 unspecified atom stereocenters. The molecule has 10 aromatic rings. The van der Waals surface area contributed by atoms with Crippen LogP contribution in [0.15, 0.2) is 224 Å². The standard InChI is InChI=1S/C60H43N3/c1-60(2)53-35-46(44-25-15-27-48(33-44)56-38-50(40-17-7-3-8-18-40)37-55(61-56)41-19-9-4-10-20-41)29-31-51(53)52-32-30-47(36-54(52)60)45-26-16-28-49(34-45)58-39-57(42-21-11-5-12-22-42)62-59(63-58)43-23-13-6-14-24-43/h3-39H,1-2H3. The van der Waals surface area contributed by atoms with Crippen LogP contribution in [-0.2, 0) is 5.41 Å². The van der Waals surface area contributed by atoms with E-state index in [1.54, 1.807) is 0 Å². The van der Waals surface area contributed by atoms with Gasteiger partial charge in [0.05, 0.1) is 22.8 Å². The van der Waals surface area contributed by atoms with E-state index in [1.807, 2.05) is 30.3 Å². The van der Waals surface area contributed by atoms with E-state index in [0.29, 0.717) is 5.82 Å². The predicted octanol–water partition coefficient (Wildman–Crippen LogP) is 15.5. The first kappa shape index (κ1) is 38.0. The highest BCUT2D eigenvalue weighted by Crippen LogP contribution is 2.51. The highest BCUT2D eigenvalue weighted by molar-refractivity contribution is 5.87. The van der Waals surface area contributed by atoms with Crippen molar-refractivity contribution in [3.05, 3.63) is 236 Å². The van der Waals surface area contributed by atoms with Crippen molar-refractivity contribution in [1.82, 2.24) is 15.0 Å². The van der Waals surface area contributed by atoms with Crippen LogP contribution in [0.5, 0.6) is 0 Å². The highest BCUT2D eigenvalue weighted by Gasteiger charge is 2.36. The summed E-state index contributed by atoms with van der Waals surface area (Å²) in [5, 5.41) is 0. The van der Waals surface area contributed by atoms with Gasteiger partial charge in [0.25, 0.3) is 0 Å². The SMILES string of the molecule is CC1(C)c2cc(-c3cccc(-c4cc(-c5ccccc5)cc(-c5ccccc5)n4)c3)ccc2-c2ccc(-c3cccc(-c4cc(-c5ccccc5)nc(-c5ccccc5)n4)c3)cc21. The fourth-order valence-electron chi connectivity index (χ4n) is 9.11. The minimum absolute atomic E-state index is 0.204. The Hall–Kier alpha value is -8.01. The molecule has 1 aliphatic carbocycles. The average Bonchev–Trinajstić information content (AvgIpc) is 3.59. The number of nitrogens with zero attached hydrogens (tertiary/aromatic N) is 3. The third-order valence-electron chi connectivity index (χ3n) is 12.5. The van der Waals surface area contributed by atoms with Gasteiger partial charge in [0.1, 0.15) is 0 Å². The maximum Gasteiger partial charge on any atom is 0.160 e. The fourth-order valence-corrected chi connectivity index (χ4v) is 9.11. The molecule has 0 spiro atoms. The molecule has 0 amide bonds. The van der Waals surface area contributed by atoms with Crippen LogP contribution in [0, 0.1) is 0 Å². The Labute approximate surface area is 369 Å². The van der Waals surface area contributed by atoms with Crippen molar-refractivity contribution >= 4 is 0 Å². The van der Waals surface area contributed by atoms with E-state index < -0.39 is 0 Å². The number of fused-ring (bicyclic) bond motifs is 3. The number of pyridine rings is 1. The molecule has 0 atom stereocenters. The summed E-state index contributed by atoms with van der Waals surface area (Å²) < 4.78 is 0. The molecule has 0 fully saturated rings. The molecule has 0 aliphatic heterocycles. The minimum Gasteiger partial charge on any atom is -0.248 e. The first-order valence-electron chi connectivity index (χ1n) is 21.6. The summed E-state index contributed by atoms with van der Waals surface area (Å²) in [6.45, 7) is 4.72. The number of hydrogen-bond acceptors (Lipinski definition) is 3. The molecule has 0 radical (unpaired) electrons. The van der Waals surface area contributed by atoms with Crippen molar-refractivity contribution < 1.29 is 0 Å². The molecule has 0 bridgehead atoms. The van der Waals surface area contributed by atoms with Crippen molar-refractivity contribution in [3.8, 4) is 101 Å². The van der Waals surface area contributed by atoms with Crippen LogP contribution in [0.2, 0.25) is 0 Å². The zero-order valence-corrected chi connectivity index (χ0v) is 35.2. The monoisotopic (exact) mass is 805 g/mol. The minimum atomic E-state index is -0.204. The van der Waals surface area contributed by atoms with Crippen molar-refractivity contribution in [1.29, 1.82) is 0 Å². The molecule has 8 aromatic carbocycles. The predicted molar refractivity (Wildman–Crippen MR) is 261 cm³/mol. The summed E-state index contributed by atoms with van der Waals surface area (Å²) in [7, 11) is 0. The molecular weight excluding hydrogens is 763 g/mol. The summed E-state index contributed by atoms with van der Waals surface area (Å²) in [6, 6.07) is 79.7. The Balaban J connectivity index is 0.927. The summed E-state index contributed by atoms with van der Waals surface area (Å²) in [5.74, 6) is 0.714. The van der Waals surface area contributed by atoms with Gasteiger partial charge in [-0.15, -0.1) is 0 Å². The number of hydrogen-bond donors (Lipinski definition) is 0.